The summed E-state index contributed by atoms with van der Waals surface area (Å²) >= 11 is 0. The zero-order valence-corrected chi connectivity index (χ0v) is 12.8. The van der Waals surface area contributed by atoms with Crippen LogP contribution in [0.4, 0.5) is 5.69 Å². The maximum Gasteiger partial charge on any atom is 0.119 e. The summed E-state index contributed by atoms with van der Waals surface area (Å²) in [4.78, 5) is 2.21. The maximum atomic E-state index is 5.29. The van der Waals surface area contributed by atoms with E-state index in [2.05, 4.69) is 62.1 Å². The van der Waals surface area contributed by atoms with Crippen LogP contribution in [0, 0.1) is 0 Å². The number of nitrogens with zero attached hydrogens (tertiary/aromatic N) is 1. The lowest BCUT2D eigenvalue weighted by Gasteiger charge is -2.21. The van der Waals surface area contributed by atoms with E-state index >= 15 is 0 Å². The van der Waals surface area contributed by atoms with Crippen LogP contribution in [0.25, 0.3) is 6.08 Å². The molecule has 18 heavy (non-hydrogen) atoms. The Bertz CT molecular complexity index is 512. The first-order valence-electron chi connectivity index (χ1n) is 6.23. The second-order valence-electron chi connectivity index (χ2n) is 5.70. The minimum atomic E-state index is -1.29. The molecule has 0 N–H and O–H groups in total. The average Bonchev–Trinajstić information content (AvgIpc) is 2.48. The van der Waals surface area contributed by atoms with E-state index in [0.29, 0.717) is 0 Å². The summed E-state index contributed by atoms with van der Waals surface area (Å²) in [7, 11) is 2.53. The Morgan fingerprint density at radius 2 is 1.83 bits per heavy atom. The van der Waals surface area contributed by atoms with Crippen LogP contribution in [0.5, 0.6) is 5.75 Å². The molecule has 1 heterocycles. The summed E-state index contributed by atoms with van der Waals surface area (Å²) in [5.74, 6) is 0.906. The lowest BCUT2D eigenvalue weighted by atomic mass is 10.1. The SMILES string of the molecule is COc1ccc2c(c1)C=CC([Si](C)(C)C)=CN2C. The van der Waals surface area contributed by atoms with Crippen molar-refractivity contribution in [2.24, 2.45) is 0 Å². The molecule has 0 aliphatic carbocycles. The Balaban J connectivity index is 2.47. The Morgan fingerprint density at radius 1 is 1.11 bits per heavy atom. The van der Waals surface area contributed by atoms with Crippen molar-refractivity contribution in [1.29, 1.82) is 0 Å². The number of methoxy groups -OCH3 is 1. The molecule has 0 saturated carbocycles. The number of allylic oxidation sites excluding steroid dienone is 2. The van der Waals surface area contributed by atoms with Gasteiger partial charge in [-0.2, -0.15) is 0 Å². The van der Waals surface area contributed by atoms with E-state index in [1.807, 2.05) is 6.07 Å². The van der Waals surface area contributed by atoms with Crippen molar-refractivity contribution in [1.82, 2.24) is 0 Å². The van der Waals surface area contributed by atoms with Gasteiger partial charge in [0.15, 0.2) is 0 Å². The molecule has 0 atom stereocenters. The predicted molar refractivity (Wildman–Crippen MR) is 81.9 cm³/mol. The van der Waals surface area contributed by atoms with Crippen molar-refractivity contribution in [2.45, 2.75) is 19.6 Å². The summed E-state index contributed by atoms with van der Waals surface area (Å²) in [6.45, 7) is 7.11. The lowest BCUT2D eigenvalue weighted by Crippen LogP contribution is -2.24. The normalized spacial score (nSPS) is 14.9. The van der Waals surface area contributed by atoms with Gasteiger partial charge in [0.2, 0.25) is 0 Å². The zero-order chi connectivity index (χ0) is 13.3. The first-order valence-corrected chi connectivity index (χ1v) is 9.73. The van der Waals surface area contributed by atoms with Gasteiger partial charge < -0.3 is 9.64 Å². The summed E-state index contributed by atoms with van der Waals surface area (Å²) in [5, 5.41) is 1.46. The fraction of sp³-hybridized carbons (Fsp3) is 0.333. The summed E-state index contributed by atoms with van der Waals surface area (Å²) in [5.41, 5.74) is 2.43. The van der Waals surface area contributed by atoms with Crippen molar-refractivity contribution in [3.63, 3.8) is 0 Å². The van der Waals surface area contributed by atoms with Gasteiger partial charge in [-0.1, -0.05) is 31.8 Å². The number of benzene rings is 1. The van der Waals surface area contributed by atoms with E-state index in [9.17, 15) is 0 Å². The molecule has 0 spiro atoms. The second kappa shape index (κ2) is 4.65. The summed E-state index contributed by atoms with van der Waals surface area (Å²) in [6, 6.07) is 6.21. The highest BCUT2D eigenvalue weighted by Crippen LogP contribution is 2.31. The molecule has 0 fully saturated rings. The van der Waals surface area contributed by atoms with Gasteiger partial charge in [-0.15, -0.1) is 0 Å². The van der Waals surface area contributed by atoms with Crippen LogP contribution < -0.4 is 9.64 Å². The average molecular weight is 259 g/mol. The van der Waals surface area contributed by atoms with E-state index in [1.54, 1.807) is 7.11 Å². The molecule has 0 unspecified atom stereocenters. The van der Waals surface area contributed by atoms with Crippen LogP contribution in [0.3, 0.4) is 0 Å². The monoisotopic (exact) mass is 259 g/mol. The quantitative estimate of drug-likeness (QED) is 0.746. The lowest BCUT2D eigenvalue weighted by molar-refractivity contribution is 0.415. The Morgan fingerprint density at radius 3 is 2.44 bits per heavy atom. The van der Waals surface area contributed by atoms with Crippen molar-refractivity contribution in [3.05, 3.63) is 41.2 Å². The molecule has 1 aromatic rings. The van der Waals surface area contributed by atoms with Crippen LogP contribution in [0.15, 0.2) is 35.7 Å². The topological polar surface area (TPSA) is 12.5 Å². The molecule has 0 saturated heterocycles. The van der Waals surface area contributed by atoms with Crippen molar-refractivity contribution >= 4 is 19.8 Å². The highest BCUT2D eigenvalue weighted by atomic mass is 28.3. The van der Waals surface area contributed by atoms with E-state index in [0.717, 1.165) is 5.75 Å². The fourth-order valence-corrected chi connectivity index (χ4v) is 3.22. The van der Waals surface area contributed by atoms with Gasteiger partial charge in [-0.25, -0.2) is 0 Å². The van der Waals surface area contributed by atoms with Crippen molar-refractivity contribution in [2.75, 3.05) is 19.1 Å². The van der Waals surface area contributed by atoms with Gasteiger partial charge in [-0.05, 0) is 23.4 Å². The molecule has 3 heteroatoms. The molecule has 0 bridgehead atoms. The number of hydrogen-bond acceptors (Lipinski definition) is 2. The van der Waals surface area contributed by atoms with Gasteiger partial charge in [0, 0.05) is 24.5 Å². The van der Waals surface area contributed by atoms with E-state index in [-0.39, 0.29) is 0 Å². The number of fused-ring (bicyclic) bond motifs is 1. The van der Waals surface area contributed by atoms with E-state index in [4.69, 9.17) is 4.74 Å². The summed E-state index contributed by atoms with van der Waals surface area (Å²) in [6.07, 6.45) is 6.72. The third-order valence-electron chi connectivity index (χ3n) is 3.26. The van der Waals surface area contributed by atoms with Crippen LogP contribution in [0.1, 0.15) is 5.56 Å². The minimum Gasteiger partial charge on any atom is -0.497 e. The molecule has 0 amide bonds. The van der Waals surface area contributed by atoms with E-state index in [1.165, 1.54) is 16.4 Å². The van der Waals surface area contributed by atoms with Crippen LogP contribution in [-0.2, 0) is 0 Å². The highest BCUT2D eigenvalue weighted by Gasteiger charge is 2.20. The highest BCUT2D eigenvalue weighted by molar-refractivity contribution is 6.83. The molecule has 2 rings (SSSR count). The molecule has 0 aromatic heterocycles. The fourth-order valence-electron chi connectivity index (χ4n) is 2.06. The first kappa shape index (κ1) is 13.0. The van der Waals surface area contributed by atoms with Gasteiger partial charge >= 0.3 is 0 Å². The zero-order valence-electron chi connectivity index (χ0n) is 11.8. The molecule has 1 aliphatic heterocycles. The third-order valence-corrected chi connectivity index (χ3v) is 5.28. The molecular formula is C15H21NOSi. The standard InChI is InChI=1S/C15H21NOSi/c1-16-11-14(18(3,4)5)8-6-12-10-13(17-2)7-9-15(12)16/h6-11H,1-5H3. The van der Waals surface area contributed by atoms with Crippen LogP contribution in [-0.4, -0.2) is 22.2 Å². The smallest absolute Gasteiger partial charge is 0.119 e. The largest absolute Gasteiger partial charge is 0.497 e. The first-order chi connectivity index (χ1) is 8.41. The third kappa shape index (κ3) is 2.51. The Labute approximate surface area is 111 Å². The minimum absolute atomic E-state index is 0.906. The Hall–Kier alpha value is -1.48. The van der Waals surface area contributed by atoms with Gasteiger partial charge in [0.05, 0.1) is 15.2 Å². The summed E-state index contributed by atoms with van der Waals surface area (Å²) < 4.78 is 5.29. The second-order valence-corrected chi connectivity index (χ2v) is 10.8. The van der Waals surface area contributed by atoms with Crippen molar-refractivity contribution in [3.8, 4) is 5.75 Å². The molecule has 96 valence electrons. The molecule has 2 nitrogen and oxygen atoms in total. The number of anilines is 1. The van der Waals surface area contributed by atoms with Gasteiger partial charge in [0.25, 0.3) is 0 Å². The van der Waals surface area contributed by atoms with Gasteiger partial charge in [-0.3, -0.25) is 0 Å². The maximum absolute atomic E-state index is 5.29. The molecule has 0 radical (unpaired) electrons. The Kier molecular flexibility index (Phi) is 3.35. The number of rotatable bonds is 2. The van der Waals surface area contributed by atoms with E-state index < -0.39 is 8.07 Å². The molecule has 1 aromatic carbocycles. The molecule has 1 aliphatic rings. The number of hydrogen-bond donors (Lipinski definition) is 0. The van der Waals surface area contributed by atoms with Gasteiger partial charge in [0.1, 0.15) is 5.75 Å². The van der Waals surface area contributed by atoms with Crippen LogP contribution >= 0.6 is 0 Å². The van der Waals surface area contributed by atoms with Crippen LogP contribution in [0.2, 0.25) is 19.6 Å². The molecular weight excluding hydrogens is 238 g/mol. The number of ether oxygens (including phenoxy) is 1. The van der Waals surface area contributed by atoms with Crippen molar-refractivity contribution < 1.29 is 4.74 Å². The predicted octanol–water partition coefficient (Wildman–Crippen LogP) is 3.92.